The van der Waals surface area contributed by atoms with Crippen molar-refractivity contribution in [3.63, 3.8) is 0 Å². The second kappa shape index (κ2) is 5.91. The van der Waals surface area contributed by atoms with Crippen LogP contribution in [-0.4, -0.2) is 44.8 Å². The molecular weight excluding hydrogens is 230 g/mol. The van der Waals surface area contributed by atoms with Crippen LogP contribution in [0.15, 0.2) is 18.5 Å². The molecule has 5 heteroatoms. The van der Waals surface area contributed by atoms with Crippen molar-refractivity contribution in [3.05, 3.63) is 24.0 Å². The summed E-state index contributed by atoms with van der Waals surface area (Å²) in [6.45, 7) is 2.53. The molecule has 0 saturated carbocycles. The van der Waals surface area contributed by atoms with Gasteiger partial charge in [0.15, 0.2) is 0 Å². The van der Waals surface area contributed by atoms with Gasteiger partial charge in [-0.25, -0.2) is 0 Å². The van der Waals surface area contributed by atoms with Gasteiger partial charge in [-0.3, -0.25) is 4.79 Å². The highest BCUT2D eigenvalue weighted by atomic mass is 16.3. The number of hydrogen-bond acceptors (Lipinski definition) is 4. The summed E-state index contributed by atoms with van der Waals surface area (Å²) in [5.74, 6) is -0.00440. The molecule has 0 spiro atoms. The lowest BCUT2D eigenvalue weighted by atomic mass is 9.96. The molecule has 0 aromatic carbocycles. The molecule has 5 nitrogen and oxygen atoms in total. The van der Waals surface area contributed by atoms with E-state index in [-0.39, 0.29) is 18.1 Å². The Balaban J connectivity index is 2.11. The highest BCUT2D eigenvalue weighted by Crippen LogP contribution is 2.22. The number of aromatic nitrogens is 2. The summed E-state index contributed by atoms with van der Waals surface area (Å²) in [4.78, 5) is 14.2. The zero-order valence-corrected chi connectivity index (χ0v) is 10.6. The van der Waals surface area contributed by atoms with Crippen LogP contribution in [0.5, 0.6) is 0 Å². The highest BCUT2D eigenvalue weighted by molar-refractivity contribution is 5.94. The molecule has 1 aliphatic heterocycles. The fraction of sp³-hybridized carbons (Fsp3) is 0.615. The molecule has 18 heavy (non-hydrogen) atoms. The zero-order chi connectivity index (χ0) is 13.0. The molecule has 1 saturated heterocycles. The van der Waals surface area contributed by atoms with E-state index in [4.69, 9.17) is 0 Å². The van der Waals surface area contributed by atoms with Crippen LogP contribution in [0.2, 0.25) is 0 Å². The summed E-state index contributed by atoms with van der Waals surface area (Å²) < 4.78 is 0. The number of nitrogens with zero attached hydrogens (tertiary/aromatic N) is 3. The molecule has 1 N–H and O–H groups in total. The van der Waals surface area contributed by atoms with Gasteiger partial charge in [-0.05, 0) is 38.7 Å². The molecule has 1 aliphatic rings. The number of carbonyl (C=O) groups is 1. The molecular formula is C13H19N3O2. The van der Waals surface area contributed by atoms with Crippen molar-refractivity contribution in [3.8, 4) is 0 Å². The van der Waals surface area contributed by atoms with E-state index in [0.717, 1.165) is 25.8 Å². The van der Waals surface area contributed by atoms with Crippen LogP contribution < -0.4 is 0 Å². The third kappa shape index (κ3) is 3.04. The minimum Gasteiger partial charge on any atom is -0.393 e. The van der Waals surface area contributed by atoms with Crippen molar-refractivity contribution in [2.75, 3.05) is 6.54 Å². The Kier molecular flexibility index (Phi) is 4.25. The van der Waals surface area contributed by atoms with Gasteiger partial charge in [-0.1, -0.05) is 0 Å². The zero-order valence-electron chi connectivity index (χ0n) is 10.6. The lowest BCUT2D eigenvalue weighted by Gasteiger charge is -2.36. The van der Waals surface area contributed by atoms with Crippen LogP contribution in [0.3, 0.4) is 0 Å². The van der Waals surface area contributed by atoms with Gasteiger partial charge in [0.2, 0.25) is 0 Å². The topological polar surface area (TPSA) is 66.3 Å². The van der Waals surface area contributed by atoms with E-state index in [1.807, 2.05) is 4.90 Å². The van der Waals surface area contributed by atoms with Gasteiger partial charge in [0, 0.05) is 12.6 Å². The van der Waals surface area contributed by atoms with E-state index in [9.17, 15) is 9.90 Å². The monoisotopic (exact) mass is 249 g/mol. The maximum atomic E-state index is 12.4. The number of aliphatic hydroxyl groups is 1. The van der Waals surface area contributed by atoms with Crippen molar-refractivity contribution < 1.29 is 9.90 Å². The number of carbonyl (C=O) groups excluding carboxylic acids is 1. The van der Waals surface area contributed by atoms with E-state index in [2.05, 4.69) is 10.2 Å². The summed E-state index contributed by atoms with van der Waals surface area (Å²) in [7, 11) is 0. The average molecular weight is 249 g/mol. The van der Waals surface area contributed by atoms with Crippen LogP contribution in [-0.2, 0) is 0 Å². The lowest BCUT2D eigenvalue weighted by molar-refractivity contribution is 0.0514. The predicted octanol–water partition coefficient (Wildman–Crippen LogP) is 1.24. The number of hydrogen-bond donors (Lipinski definition) is 1. The second-order valence-electron chi connectivity index (χ2n) is 4.86. The summed E-state index contributed by atoms with van der Waals surface area (Å²) in [5, 5.41) is 16.9. The van der Waals surface area contributed by atoms with Gasteiger partial charge in [-0.15, -0.1) is 0 Å². The van der Waals surface area contributed by atoms with E-state index in [0.29, 0.717) is 12.0 Å². The molecule has 1 fully saturated rings. The van der Waals surface area contributed by atoms with Crippen molar-refractivity contribution in [1.82, 2.24) is 15.1 Å². The molecule has 1 aromatic rings. The smallest absolute Gasteiger partial charge is 0.255 e. The van der Waals surface area contributed by atoms with Crippen molar-refractivity contribution in [2.24, 2.45) is 0 Å². The first-order chi connectivity index (χ1) is 8.68. The number of amides is 1. The summed E-state index contributed by atoms with van der Waals surface area (Å²) in [5.41, 5.74) is 0.572. The van der Waals surface area contributed by atoms with Crippen molar-refractivity contribution >= 4 is 5.91 Å². The van der Waals surface area contributed by atoms with Gasteiger partial charge >= 0.3 is 0 Å². The molecule has 98 valence electrons. The van der Waals surface area contributed by atoms with Crippen LogP contribution in [0.4, 0.5) is 0 Å². The Morgan fingerprint density at radius 3 is 3.06 bits per heavy atom. The third-order valence-corrected chi connectivity index (χ3v) is 3.33. The van der Waals surface area contributed by atoms with Crippen molar-refractivity contribution in [1.29, 1.82) is 0 Å². The Hall–Kier alpha value is -1.49. The first kappa shape index (κ1) is 13.0. The highest BCUT2D eigenvalue weighted by Gasteiger charge is 2.28. The predicted molar refractivity (Wildman–Crippen MR) is 67.0 cm³/mol. The first-order valence-corrected chi connectivity index (χ1v) is 6.44. The number of rotatable bonds is 3. The van der Waals surface area contributed by atoms with Gasteiger partial charge < -0.3 is 10.0 Å². The van der Waals surface area contributed by atoms with Gasteiger partial charge in [0.25, 0.3) is 5.91 Å². The van der Waals surface area contributed by atoms with E-state index >= 15 is 0 Å². The number of piperidine rings is 1. The Labute approximate surface area is 107 Å². The maximum absolute atomic E-state index is 12.4. The SMILES string of the molecule is CC(O)CC1CCCCN1C(=O)c1ccnnc1. The van der Waals surface area contributed by atoms with Gasteiger partial charge in [0.1, 0.15) is 0 Å². The molecule has 1 amide bonds. The minimum atomic E-state index is -0.376. The normalized spacial score (nSPS) is 21.7. The van der Waals surface area contributed by atoms with Crippen LogP contribution in [0.1, 0.15) is 43.0 Å². The summed E-state index contributed by atoms with van der Waals surface area (Å²) in [6.07, 6.45) is 6.41. The van der Waals surface area contributed by atoms with E-state index in [1.165, 1.54) is 12.4 Å². The fourth-order valence-electron chi connectivity index (χ4n) is 2.49. The quantitative estimate of drug-likeness (QED) is 0.875. The Morgan fingerprint density at radius 2 is 2.39 bits per heavy atom. The van der Waals surface area contributed by atoms with Gasteiger partial charge in [-0.2, -0.15) is 10.2 Å². The molecule has 1 aromatic heterocycles. The lowest BCUT2D eigenvalue weighted by Crippen LogP contribution is -2.45. The largest absolute Gasteiger partial charge is 0.393 e. The molecule has 2 heterocycles. The first-order valence-electron chi connectivity index (χ1n) is 6.44. The van der Waals surface area contributed by atoms with E-state index < -0.39 is 0 Å². The van der Waals surface area contributed by atoms with E-state index in [1.54, 1.807) is 13.0 Å². The summed E-state index contributed by atoms with van der Waals surface area (Å²) in [6, 6.07) is 1.82. The number of likely N-dealkylation sites (tertiary alicyclic amines) is 1. The second-order valence-corrected chi connectivity index (χ2v) is 4.86. The standard InChI is InChI=1S/C13H19N3O2/c1-10(17)8-12-4-2-3-7-16(12)13(18)11-5-6-14-15-9-11/h5-6,9-10,12,17H,2-4,7-8H2,1H3. The molecule has 0 bridgehead atoms. The molecule has 2 atom stereocenters. The average Bonchev–Trinajstić information content (AvgIpc) is 2.39. The molecule has 2 rings (SSSR count). The molecule has 2 unspecified atom stereocenters. The molecule has 0 radical (unpaired) electrons. The van der Waals surface area contributed by atoms with Crippen LogP contribution in [0.25, 0.3) is 0 Å². The fourth-order valence-corrected chi connectivity index (χ4v) is 2.49. The van der Waals surface area contributed by atoms with Crippen LogP contribution >= 0.6 is 0 Å². The summed E-state index contributed by atoms with van der Waals surface area (Å²) >= 11 is 0. The van der Waals surface area contributed by atoms with Gasteiger partial charge in [0.05, 0.1) is 24.1 Å². The molecule has 0 aliphatic carbocycles. The number of aliphatic hydroxyl groups excluding tert-OH is 1. The van der Waals surface area contributed by atoms with Crippen LogP contribution in [0, 0.1) is 0 Å². The maximum Gasteiger partial charge on any atom is 0.255 e. The Morgan fingerprint density at radius 1 is 1.56 bits per heavy atom. The minimum absolute atomic E-state index is 0.00440. The Bertz CT molecular complexity index is 394. The van der Waals surface area contributed by atoms with Crippen molar-refractivity contribution in [2.45, 2.75) is 44.8 Å². The third-order valence-electron chi connectivity index (χ3n) is 3.33.